The molecule has 0 saturated carbocycles. The number of para-hydroxylation sites is 1. The standard InChI is InChI=1S/C18H20N4O2S/c1-12-4-3-5-15-16(12)19-18(25-15)24-13-6-10-22(11-7-13)17(23)14-8-9-21(2)20-14/h3-5,8-9,13H,6-7,10-11H2,1-2H3. The summed E-state index contributed by atoms with van der Waals surface area (Å²) in [5, 5.41) is 4.91. The summed E-state index contributed by atoms with van der Waals surface area (Å²) in [5.41, 5.74) is 2.69. The number of hydrogen-bond donors (Lipinski definition) is 0. The van der Waals surface area contributed by atoms with E-state index >= 15 is 0 Å². The van der Waals surface area contributed by atoms with Crippen molar-refractivity contribution in [1.29, 1.82) is 0 Å². The summed E-state index contributed by atoms with van der Waals surface area (Å²) in [6.45, 7) is 3.43. The maximum atomic E-state index is 12.4. The van der Waals surface area contributed by atoms with Crippen molar-refractivity contribution in [3.8, 4) is 5.19 Å². The third-order valence-electron chi connectivity index (χ3n) is 4.53. The van der Waals surface area contributed by atoms with Crippen molar-refractivity contribution in [2.45, 2.75) is 25.9 Å². The zero-order chi connectivity index (χ0) is 17.4. The molecular formula is C18H20N4O2S. The van der Waals surface area contributed by atoms with Crippen LogP contribution in [-0.2, 0) is 7.05 Å². The van der Waals surface area contributed by atoms with Crippen LogP contribution in [-0.4, -0.2) is 44.8 Å². The highest BCUT2D eigenvalue weighted by Crippen LogP contribution is 2.31. The molecule has 1 saturated heterocycles. The summed E-state index contributed by atoms with van der Waals surface area (Å²) in [6, 6.07) is 7.93. The molecule has 25 heavy (non-hydrogen) atoms. The molecule has 1 amide bonds. The Balaban J connectivity index is 1.38. The first-order valence-corrected chi connectivity index (χ1v) is 9.23. The SMILES string of the molecule is Cc1cccc2sc(OC3CCN(C(=O)c4ccn(C)n4)CC3)nc12. The third kappa shape index (κ3) is 3.24. The number of aryl methyl sites for hydroxylation is 2. The van der Waals surface area contributed by atoms with Crippen molar-refractivity contribution in [2.24, 2.45) is 7.05 Å². The Labute approximate surface area is 150 Å². The number of fused-ring (bicyclic) bond motifs is 1. The van der Waals surface area contributed by atoms with Gasteiger partial charge in [0.1, 0.15) is 11.8 Å². The molecule has 0 aliphatic carbocycles. The molecule has 1 fully saturated rings. The molecule has 3 heterocycles. The predicted octanol–water partition coefficient (Wildman–Crippen LogP) is 3.02. The molecular weight excluding hydrogens is 336 g/mol. The highest BCUT2D eigenvalue weighted by Gasteiger charge is 2.26. The molecule has 0 atom stereocenters. The van der Waals surface area contributed by atoms with Gasteiger partial charge < -0.3 is 9.64 Å². The fourth-order valence-corrected chi connectivity index (χ4v) is 4.09. The largest absolute Gasteiger partial charge is 0.467 e. The maximum Gasteiger partial charge on any atom is 0.274 e. The smallest absolute Gasteiger partial charge is 0.274 e. The topological polar surface area (TPSA) is 60.2 Å². The van der Waals surface area contributed by atoms with E-state index in [2.05, 4.69) is 29.1 Å². The summed E-state index contributed by atoms with van der Waals surface area (Å²) in [7, 11) is 1.82. The van der Waals surface area contributed by atoms with Gasteiger partial charge in [0.15, 0.2) is 0 Å². The Morgan fingerprint density at radius 1 is 1.28 bits per heavy atom. The number of likely N-dealkylation sites (tertiary alicyclic amines) is 1. The lowest BCUT2D eigenvalue weighted by Gasteiger charge is -2.31. The zero-order valence-corrected chi connectivity index (χ0v) is 15.1. The number of ether oxygens (including phenoxy) is 1. The van der Waals surface area contributed by atoms with Crippen LogP contribution in [0, 0.1) is 6.92 Å². The predicted molar refractivity (Wildman–Crippen MR) is 97.1 cm³/mol. The lowest BCUT2D eigenvalue weighted by atomic mass is 10.1. The van der Waals surface area contributed by atoms with Crippen LogP contribution in [0.25, 0.3) is 10.2 Å². The minimum atomic E-state index is -0.00494. The van der Waals surface area contributed by atoms with E-state index in [1.165, 1.54) is 5.56 Å². The Hall–Kier alpha value is -2.41. The number of thiazole rings is 1. The fourth-order valence-electron chi connectivity index (χ4n) is 3.13. The summed E-state index contributed by atoms with van der Waals surface area (Å²) < 4.78 is 8.88. The van der Waals surface area contributed by atoms with Gasteiger partial charge in [0, 0.05) is 39.2 Å². The van der Waals surface area contributed by atoms with E-state index in [9.17, 15) is 4.79 Å². The monoisotopic (exact) mass is 356 g/mol. The van der Waals surface area contributed by atoms with Crippen LogP contribution in [0.2, 0.25) is 0 Å². The maximum absolute atomic E-state index is 12.4. The molecule has 1 aliphatic heterocycles. The number of rotatable bonds is 3. The van der Waals surface area contributed by atoms with Gasteiger partial charge in [0.2, 0.25) is 0 Å². The van der Waals surface area contributed by atoms with Crippen LogP contribution in [0.3, 0.4) is 0 Å². The minimum absolute atomic E-state index is 0.00494. The summed E-state index contributed by atoms with van der Waals surface area (Å²) in [6.07, 6.45) is 3.52. The number of amides is 1. The molecule has 1 aromatic carbocycles. The number of carbonyl (C=O) groups excluding carboxylic acids is 1. The lowest BCUT2D eigenvalue weighted by Crippen LogP contribution is -2.42. The van der Waals surface area contributed by atoms with Gasteiger partial charge in [-0.3, -0.25) is 9.48 Å². The highest BCUT2D eigenvalue weighted by molar-refractivity contribution is 7.20. The van der Waals surface area contributed by atoms with Crippen LogP contribution in [0.15, 0.2) is 30.5 Å². The summed E-state index contributed by atoms with van der Waals surface area (Å²) in [4.78, 5) is 18.9. The number of piperidine rings is 1. The van der Waals surface area contributed by atoms with E-state index in [-0.39, 0.29) is 12.0 Å². The van der Waals surface area contributed by atoms with Crippen LogP contribution < -0.4 is 4.74 Å². The van der Waals surface area contributed by atoms with Gasteiger partial charge in [-0.05, 0) is 24.6 Å². The third-order valence-corrected chi connectivity index (χ3v) is 5.44. The molecule has 0 radical (unpaired) electrons. The number of carbonyl (C=O) groups is 1. The van der Waals surface area contributed by atoms with E-state index in [1.54, 1.807) is 28.3 Å². The van der Waals surface area contributed by atoms with E-state index < -0.39 is 0 Å². The normalized spacial score (nSPS) is 15.7. The fraction of sp³-hybridized carbons (Fsp3) is 0.389. The van der Waals surface area contributed by atoms with Crippen molar-refractivity contribution >= 4 is 27.5 Å². The molecule has 4 rings (SSSR count). The molecule has 0 unspecified atom stereocenters. The molecule has 0 N–H and O–H groups in total. The first-order valence-electron chi connectivity index (χ1n) is 8.42. The van der Waals surface area contributed by atoms with Crippen LogP contribution in [0.5, 0.6) is 5.19 Å². The van der Waals surface area contributed by atoms with Crippen molar-refractivity contribution in [2.75, 3.05) is 13.1 Å². The van der Waals surface area contributed by atoms with Crippen LogP contribution >= 0.6 is 11.3 Å². The van der Waals surface area contributed by atoms with Gasteiger partial charge in [-0.1, -0.05) is 23.5 Å². The van der Waals surface area contributed by atoms with Crippen molar-refractivity contribution in [3.63, 3.8) is 0 Å². The second-order valence-corrected chi connectivity index (χ2v) is 7.38. The molecule has 6 nitrogen and oxygen atoms in total. The Kier molecular flexibility index (Phi) is 4.17. The second kappa shape index (κ2) is 6.48. The van der Waals surface area contributed by atoms with E-state index in [4.69, 9.17) is 4.74 Å². The van der Waals surface area contributed by atoms with Crippen molar-refractivity contribution in [1.82, 2.24) is 19.7 Å². The van der Waals surface area contributed by atoms with Gasteiger partial charge in [0.05, 0.1) is 10.2 Å². The van der Waals surface area contributed by atoms with Crippen molar-refractivity contribution in [3.05, 3.63) is 41.7 Å². The molecule has 130 valence electrons. The molecule has 0 bridgehead atoms. The molecule has 2 aromatic heterocycles. The Morgan fingerprint density at radius 2 is 2.08 bits per heavy atom. The van der Waals surface area contributed by atoms with Gasteiger partial charge in [0.25, 0.3) is 11.1 Å². The molecule has 1 aliphatic rings. The number of benzene rings is 1. The van der Waals surface area contributed by atoms with Crippen LogP contribution in [0.1, 0.15) is 28.9 Å². The van der Waals surface area contributed by atoms with Gasteiger partial charge in [-0.25, -0.2) is 4.98 Å². The van der Waals surface area contributed by atoms with E-state index in [0.29, 0.717) is 18.8 Å². The second-order valence-electron chi connectivity index (χ2n) is 6.39. The van der Waals surface area contributed by atoms with Gasteiger partial charge in [-0.2, -0.15) is 5.10 Å². The Bertz CT molecular complexity index is 909. The number of hydrogen-bond acceptors (Lipinski definition) is 5. The number of aromatic nitrogens is 3. The number of nitrogens with zero attached hydrogens (tertiary/aromatic N) is 4. The van der Waals surface area contributed by atoms with E-state index in [0.717, 1.165) is 28.3 Å². The molecule has 3 aromatic rings. The summed E-state index contributed by atoms with van der Waals surface area (Å²) >= 11 is 1.59. The average Bonchev–Trinajstić information content (AvgIpc) is 3.22. The first-order chi connectivity index (χ1) is 12.1. The van der Waals surface area contributed by atoms with Crippen molar-refractivity contribution < 1.29 is 9.53 Å². The Morgan fingerprint density at radius 3 is 2.76 bits per heavy atom. The van der Waals surface area contributed by atoms with Gasteiger partial charge in [-0.15, -0.1) is 0 Å². The molecule has 7 heteroatoms. The lowest BCUT2D eigenvalue weighted by molar-refractivity contribution is 0.0589. The van der Waals surface area contributed by atoms with Gasteiger partial charge >= 0.3 is 0 Å². The quantitative estimate of drug-likeness (QED) is 0.724. The molecule has 0 spiro atoms. The highest BCUT2D eigenvalue weighted by atomic mass is 32.1. The van der Waals surface area contributed by atoms with Crippen LogP contribution in [0.4, 0.5) is 0 Å². The average molecular weight is 356 g/mol. The summed E-state index contributed by atoms with van der Waals surface area (Å²) in [5.74, 6) is -0.00494. The zero-order valence-electron chi connectivity index (χ0n) is 14.3. The van der Waals surface area contributed by atoms with E-state index in [1.807, 2.05) is 18.0 Å². The minimum Gasteiger partial charge on any atom is -0.467 e. The first kappa shape index (κ1) is 16.1.